The van der Waals surface area contributed by atoms with Gasteiger partial charge < -0.3 is 19.7 Å². The Balaban J connectivity index is 1.59. The molecule has 1 saturated carbocycles. The molecule has 1 unspecified atom stereocenters. The van der Waals surface area contributed by atoms with E-state index in [1.165, 1.54) is 12.8 Å². The van der Waals surface area contributed by atoms with E-state index in [1.807, 2.05) is 25.1 Å². The van der Waals surface area contributed by atoms with Crippen molar-refractivity contribution in [3.05, 3.63) is 23.8 Å². The summed E-state index contributed by atoms with van der Waals surface area (Å²) in [5.41, 5.74) is 0.978. The van der Waals surface area contributed by atoms with E-state index in [-0.39, 0.29) is 24.1 Å². The van der Waals surface area contributed by atoms with Crippen LogP contribution >= 0.6 is 0 Å². The highest BCUT2D eigenvalue weighted by Crippen LogP contribution is 2.33. The van der Waals surface area contributed by atoms with Crippen molar-refractivity contribution in [1.82, 2.24) is 10.2 Å². The van der Waals surface area contributed by atoms with Crippen LogP contribution in [0.25, 0.3) is 0 Å². The maximum absolute atomic E-state index is 12.5. The van der Waals surface area contributed by atoms with Crippen LogP contribution in [-0.2, 0) is 0 Å². The standard InChI is InChI=1S/C21H29N3O3/c1-15(23-21(25)24-11-9-16(14-22)10-12-24)17-7-8-19(20(13-17)26-2)27-18-5-3-4-6-18/h7-8,13,15-16,18H,3-6,9-12H2,1-2H3,(H,23,25). The molecule has 6 nitrogen and oxygen atoms in total. The van der Waals surface area contributed by atoms with Gasteiger partial charge in [-0.25, -0.2) is 4.79 Å². The van der Waals surface area contributed by atoms with Gasteiger partial charge >= 0.3 is 6.03 Å². The first-order chi connectivity index (χ1) is 13.1. The molecular weight excluding hydrogens is 342 g/mol. The maximum Gasteiger partial charge on any atom is 0.317 e. The lowest BCUT2D eigenvalue weighted by atomic mass is 9.99. The molecule has 0 radical (unpaired) electrons. The zero-order chi connectivity index (χ0) is 19.2. The smallest absolute Gasteiger partial charge is 0.317 e. The van der Waals surface area contributed by atoms with Crippen LogP contribution in [0.1, 0.15) is 57.1 Å². The second-order valence-corrected chi connectivity index (χ2v) is 7.50. The van der Waals surface area contributed by atoms with Crippen molar-refractivity contribution in [2.45, 2.75) is 57.6 Å². The summed E-state index contributed by atoms with van der Waals surface area (Å²) in [6.07, 6.45) is 6.41. The van der Waals surface area contributed by atoms with Crippen molar-refractivity contribution in [3.8, 4) is 17.6 Å². The predicted molar refractivity (Wildman–Crippen MR) is 103 cm³/mol. The molecule has 146 valence electrons. The SMILES string of the molecule is COc1cc(C(C)NC(=O)N2CCC(C#N)CC2)ccc1OC1CCCC1. The number of nitriles is 1. The zero-order valence-electron chi connectivity index (χ0n) is 16.2. The highest BCUT2D eigenvalue weighted by atomic mass is 16.5. The maximum atomic E-state index is 12.5. The van der Waals surface area contributed by atoms with Gasteiger partial charge in [-0.15, -0.1) is 0 Å². The number of rotatable bonds is 5. The molecule has 1 aliphatic carbocycles. The van der Waals surface area contributed by atoms with E-state index in [0.29, 0.717) is 18.8 Å². The van der Waals surface area contributed by atoms with Crippen LogP contribution < -0.4 is 14.8 Å². The van der Waals surface area contributed by atoms with Gasteiger partial charge in [0.25, 0.3) is 0 Å². The van der Waals surface area contributed by atoms with Crippen molar-refractivity contribution in [1.29, 1.82) is 5.26 Å². The summed E-state index contributed by atoms with van der Waals surface area (Å²) >= 11 is 0. The van der Waals surface area contributed by atoms with Crippen molar-refractivity contribution in [3.63, 3.8) is 0 Å². The minimum Gasteiger partial charge on any atom is -0.493 e. The third kappa shape index (κ3) is 4.85. The average molecular weight is 371 g/mol. The van der Waals surface area contributed by atoms with E-state index in [2.05, 4.69) is 11.4 Å². The first-order valence-corrected chi connectivity index (χ1v) is 9.90. The Morgan fingerprint density at radius 2 is 1.93 bits per heavy atom. The Morgan fingerprint density at radius 1 is 1.22 bits per heavy atom. The summed E-state index contributed by atoms with van der Waals surface area (Å²) in [4.78, 5) is 14.3. The fraction of sp³-hybridized carbons (Fsp3) is 0.619. The number of benzene rings is 1. The molecule has 1 heterocycles. The molecule has 2 aliphatic rings. The second kappa shape index (κ2) is 8.98. The molecule has 1 atom stereocenters. The number of nitrogens with one attached hydrogen (secondary N) is 1. The number of likely N-dealkylation sites (tertiary alicyclic amines) is 1. The average Bonchev–Trinajstić information content (AvgIpc) is 3.21. The van der Waals surface area contributed by atoms with Crippen molar-refractivity contribution in [2.75, 3.05) is 20.2 Å². The van der Waals surface area contributed by atoms with Crippen LogP contribution in [0.2, 0.25) is 0 Å². The van der Waals surface area contributed by atoms with Gasteiger partial charge in [0.1, 0.15) is 0 Å². The zero-order valence-corrected chi connectivity index (χ0v) is 16.2. The lowest BCUT2D eigenvalue weighted by Gasteiger charge is -2.30. The number of hydrogen-bond donors (Lipinski definition) is 1. The largest absolute Gasteiger partial charge is 0.493 e. The lowest BCUT2D eigenvalue weighted by molar-refractivity contribution is 0.176. The van der Waals surface area contributed by atoms with Gasteiger partial charge in [0.15, 0.2) is 11.5 Å². The number of methoxy groups -OCH3 is 1. The minimum atomic E-state index is -0.138. The first-order valence-electron chi connectivity index (χ1n) is 9.90. The van der Waals surface area contributed by atoms with Gasteiger partial charge in [-0.2, -0.15) is 5.26 Å². The van der Waals surface area contributed by atoms with Gasteiger partial charge in [-0.3, -0.25) is 0 Å². The molecule has 0 bridgehead atoms. The fourth-order valence-electron chi connectivity index (χ4n) is 3.81. The van der Waals surface area contributed by atoms with Crippen LogP contribution in [0.5, 0.6) is 11.5 Å². The molecule has 3 rings (SSSR count). The highest BCUT2D eigenvalue weighted by Gasteiger charge is 2.24. The molecular formula is C21H29N3O3. The van der Waals surface area contributed by atoms with Crippen LogP contribution in [0.4, 0.5) is 4.79 Å². The van der Waals surface area contributed by atoms with Crippen molar-refractivity contribution >= 4 is 6.03 Å². The number of ether oxygens (including phenoxy) is 2. The van der Waals surface area contributed by atoms with Gasteiger partial charge in [-0.05, 0) is 63.1 Å². The van der Waals surface area contributed by atoms with E-state index < -0.39 is 0 Å². The van der Waals surface area contributed by atoms with Gasteiger partial charge in [-0.1, -0.05) is 6.07 Å². The summed E-state index contributed by atoms with van der Waals surface area (Å²) in [6.45, 7) is 3.23. The first kappa shape index (κ1) is 19.3. The summed E-state index contributed by atoms with van der Waals surface area (Å²) in [6, 6.07) is 7.94. The number of carbonyl (C=O) groups is 1. The van der Waals surface area contributed by atoms with Crippen LogP contribution in [-0.4, -0.2) is 37.2 Å². The van der Waals surface area contributed by atoms with Gasteiger partial charge in [0.2, 0.25) is 0 Å². The van der Waals surface area contributed by atoms with E-state index in [1.54, 1.807) is 12.0 Å². The number of piperidine rings is 1. The lowest BCUT2D eigenvalue weighted by Crippen LogP contribution is -2.45. The second-order valence-electron chi connectivity index (χ2n) is 7.50. The number of hydrogen-bond acceptors (Lipinski definition) is 4. The monoisotopic (exact) mass is 371 g/mol. The number of urea groups is 1. The van der Waals surface area contributed by atoms with E-state index in [9.17, 15) is 4.79 Å². The van der Waals surface area contributed by atoms with E-state index >= 15 is 0 Å². The Morgan fingerprint density at radius 3 is 2.56 bits per heavy atom. The predicted octanol–water partition coefficient (Wildman–Crippen LogP) is 4.02. The molecule has 0 aromatic heterocycles. The molecule has 1 aromatic carbocycles. The van der Waals surface area contributed by atoms with E-state index in [0.717, 1.165) is 37.0 Å². The summed E-state index contributed by atoms with van der Waals surface area (Å²) in [5, 5.41) is 12.0. The molecule has 1 aromatic rings. The number of carbonyl (C=O) groups excluding carboxylic acids is 1. The van der Waals surface area contributed by atoms with Crippen LogP contribution in [0, 0.1) is 17.2 Å². The number of nitrogens with zero attached hydrogens (tertiary/aromatic N) is 2. The quantitative estimate of drug-likeness (QED) is 0.848. The fourth-order valence-corrected chi connectivity index (χ4v) is 3.81. The Labute approximate surface area is 161 Å². The molecule has 0 spiro atoms. The van der Waals surface area contributed by atoms with Crippen LogP contribution in [0.15, 0.2) is 18.2 Å². The Hall–Kier alpha value is -2.42. The van der Waals surface area contributed by atoms with Crippen molar-refractivity contribution in [2.24, 2.45) is 5.92 Å². The molecule has 2 fully saturated rings. The molecule has 1 aliphatic heterocycles. The molecule has 6 heteroatoms. The molecule has 1 N–H and O–H groups in total. The van der Waals surface area contributed by atoms with Gasteiger partial charge in [0.05, 0.1) is 25.3 Å². The van der Waals surface area contributed by atoms with Crippen LogP contribution in [0.3, 0.4) is 0 Å². The summed E-state index contributed by atoms with van der Waals surface area (Å²) in [5.74, 6) is 1.55. The third-order valence-corrected chi connectivity index (χ3v) is 5.59. The Kier molecular flexibility index (Phi) is 6.44. The Bertz CT molecular complexity index is 686. The molecule has 27 heavy (non-hydrogen) atoms. The summed E-state index contributed by atoms with van der Waals surface area (Å²) < 4.78 is 11.6. The normalized spacial score (nSPS) is 19.4. The van der Waals surface area contributed by atoms with Crippen molar-refractivity contribution < 1.29 is 14.3 Å². The number of amides is 2. The van der Waals surface area contributed by atoms with Gasteiger partial charge in [0, 0.05) is 19.0 Å². The molecule has 2 amide bonds. The third-order valence-electron chi connectivity index (χ3n) is 5.59. The minimum absolute atomic E-state index is 0.0724. The topological polar surface area (TPSA) is 74.6 Å². The summed E-state index contributed by atoms with van der Waals surface area (Å²) in [7, 11) is 1.64. The molecule has 1 saturated heterocycles. The van der Waals surface area contributed by atoms with E-state index in [4.69, 9.17) is 14.7 Å². The highest BCUT2D eigenvalue weighted by molar-refractivity contribution is 5.74.